The molecule has 0 amide bonds. The van der Waals surface area contributed by atoms with Gasteiger partial charge in [0.2, 0.25) is 0 Å². The fraction of sp³-hybridized carbons (Fsp3) is 0.351. The zero-order chi connectivity index (χ0) is 36.4. The number of benzene rings is 4. The summed E-state index contributed by atoms with van der Waals surface area (Å²) >= 11 is 0. The average Bonchev–Trinajstić information content (AvgIpc) is 3.01. The van der Waals surface area contributed by atoms with E-state index in [1.807, 2.05) is 0 Å². The highest BCUT2D eigenvalue weighted by Gasteiger charge is 2.42. The van der Waals surface area contributed by atoms with Crippen LogP contribution >= 0.6 is 0 Å². The number of ether oxygens (including phenoxy) is 2. The molecule has 13 heteroatoms. The van der Waals surface area contributed by atoms with E-state index in [0.29, 0.717) is 36.2 Å². The minimum atomic E-state index is -5.25. The Bertz CT molecular complexity index is 1780. The Labute approximate surface area is 280 Å². The van der Waals surface area contributed by atoms with E-state index in [2.05, 4.69) is 16.4 Å². The first-order chi connectivity index (χ1) is 23.6. The molecule has 0 atom stereocenters. The van der Waals surface area contributed by atoms with Crippen molar-refractivity contribution in [3.63, 3.8) is 0 Å². The first-order valence-corrected chi connectivity index (χ1v) is 16.0. The molecule has 1 aliphatic rings. The molecule has 0 saturated heterocycles. The molecule has 0 spiro atoms. The van der Waals surface area contributed by atoms with Crippen LogP contribution in [0.5, 0.6) is 11.5 Å². The molecule has 4 aromatic carbocycles. The Morgan fingerprint density at radius 2 is 1.24 bits per heavy atom. The maximum atomic E-state index is 15.2. The third-order valence-electron chi connectivity index (χ3n) is 8.88. The number of hydrogen-bond donors (Lipinski definition) is 0. The summed E-state index contributed by atoms with van der Waals surface area (Å²) in [6.45, 7) is 2.15. The molecule has 0 bridgehead atoms. The summed E-state index contributed by atoms with van der Waals surface area (Å²) in [6.07, 6.45) is -1.61. The molecule has 0 aromatic heterocycles. The Morgan fingerprint density at radius 3 is 1.80 bits per heavy atom. The van der Waals surface area contributed by atoms with Crippen molar-refractivity contribution in [3.8, 4) is 33.8 Å². The van der Waals surface area contributed by atoms with Gasteiger partial charge in [-0.15, -0.1) is 13.2 Å². The second-order valence-corrected chi connectivity index (χ2v) is 12.3. The molecule has 1 aliphatic carbocycles. The summed E-state index contributed by atoms with van der Waals surface area (Å²) in [6, 6.07) is 7.11. The summed E-state index contributed by atoms with van der Waals surface area (Å²) in [5, 5.41) is 0. The molecule has 1 fully saturated rings. The molecule has 50 heavy (non-hydrogen) atoms. The first-order valence-electron chi connectivity index (χ1n) is 16.0. The van der Waals surface area contributed by atoms with Gasteiger partial charge in [-0.3, -0.25) is 0 Å². The standard InChI is InChI=1S/C37H31F11O2/c1-2-3-4-5-20-6-8-21(9-7-20)22-10-12-26(27(38)14-22)24-16-31(42)35(32(43)17-24)36(44,45)49-25-18-29(40)34(30(41)19-25)23-11-13-33(28(39)15-23)50-37(46,47)48/h10-21H,2-9H2,1H3. The summed E-state index contributed by atoms with van der Waals surface area (Å²) in [7, 11) is 0. The Kier molecular flexibility index (Phi) is 11.0. The van der Waals surface area contributed by atoms with Crippen molar-refractivity contribution in [3.05, 3.63) is 107 Å². The van der Waals surface area contributed by atoms with Crippen molar-refractivity contribution in [2.24, 2.45) is 5.92 Å². The molecular weight excluding hydrogens is 685 g/mol. The quantitative estimate of drug-likeness (QED) is 0.114. The van der Waals surface area contributed by atoms with Crippen LogP contribution in [0, 0.1) is 40.8 Å². The molecule has 2 nitrogen and oxygen atoms in total. The summed E-state index contributed by atoms with van der Waals surface area (Å²) in [5.74, 6) is -11.1. The summed E-state index contributed by atoms with van der Waals surface area (Å²) in [5.41, 5.74) is -3.43. The largest absolute Gasteiger partial charge is 0.573 e. The zero-order valence-corrected chi connectivity index (χ0v) is 26.6. The maximum Gasteiger partial charge on any atom is 0.573 e. The SMILES string of the molecule is CCCCCC1CCC(c2ccc(-c3cc(F)c(C(F)(F)Oc4cc(F)c(-c5ccc(OC(F)(F)F)c(F)c5)c(F)c4)c(F)c3)c(F)c2)CC1. The van der Waals surface area contributed by atoms with Crippen LogP contribution in [0.4, 0.5) is 48.3 Å². The Morgan fingerprint density at radius 1 is 0.620 bits per heavy atom. The van der Waals surface area contributed by atoms with Crippen molar-refractivity contribution >= 4 is 0 Å². The van der Waals surface area contributed by atoms with E-state index in [9.17, 15) is 26.3 Å². The Balaban J connectivity index is 1.32. The average molecular weight is 717 g/mol. The predicted molar refractivity (Wildman–Crippen MR) is 164 cm³/mol. The molecule has 0 radical (unpaired) electrons. The van der Waals surface area contributed by atoms with Gasteiger partial charge in [-0.25, -0.2) is 26.3 Å². The van der Waals surface area contributed by atoms with E-state index >= 15 is 22.0 Å². The molecule has 268 valence electrons. The van der Waals surface area contributed by atoms with Crippen molar-refractivity contribution < 1.29 is 57.8 Å². The van der Waals surface area contributed by atoms with Gasteiger partial charge in [0.15, 0.2) is 11.6 Å². The highest BCUT2D eigenvalue weighted by molar-refractivity contribution is 5.67. The van der Waals surface area contributed by atoms with Crippen molar-refractivity contribution in [1.82, 2.24) is 0 Å². The number of unbranched alkanes of at least 4 members (excludes halogenated alkanes) is 2. The van der Waals surface area contributed by atoms with Crippen LogP contribution in [-0.4, -0.2) is 6.36 Å². The minimum Gasteiger partial charge on any atom is -0.429 e. The molecule has 1 saturated carbocycles. The van der Waals surface area contributed by atoms with Crippen LogP contribution in [0.25, 0.3) is 22.3 Å². The fourth-order valence-corrected chi connectivity index (χ4v) is 6.44. The van der Waals surface area contributed by atoms with Crippen molar-refractivity contribution in [2.75, 3.05) is 0 Å². The normalized spacial score (nSPS) is 16.8. The number of alkyl halides is 5. The van der Waals surface area contributed by atoms with Gasteiger partial charge in [-0.05, 0) is 84.5 Å². The van der Waals surface area contributed by atoms with Crippen LogP contribution < -0.4 is 9.47 Å². The minimum absolute atomic E-state index is 0.121. The lowest BCUT2D eigenvalue weighted by atomic mass is 9.77. The van der Waals surface area contributed by atoms with Gasteiger partial charge in [0, 0.05) is 17.7 Å². The van der Waals surface area contributed by atoms with Crippen LogP contribution in [0.1, 0.15) is 75.3 Å². The molecule has 4 aromatic rings. The smallest absolute Gasteiger partial charge is 0.429 e. The lowest BCUT2D eigenvalue weighted by Crippen LogP contribution is -2.25. The molecule has 0 heterocycles. The lowest BCUT2D eigenvalue weighted by molar-refractivity contribution is -0.275. The lowest BCUT2D eigenvalue weighted by Gasteiger charge is -2.29. The first kappa shape index (κ1) is 37.0. The zero-order valence-electron chi connectivity index (χ0n) is 26.6. The van der Waals surface area contributed by atoms with E-state index in [1.165, 1.54) is 25.0 Å². The van der Waals surface area contributed by atoms with Crippen LogP contribution in [0.2, 0.25) is 0 Å². The third-order valence-corrected chi connectivity index (χ3v) is 8.88. The maximum absolute atomic E-state index is 15.2. The van der Waals surface area contributed by atoms with Gasteiger partial charge in [0.05, 0.1) is 5.56 Å². The van der Waals surface area contributed by atoms with E-state index in [0.717, 1.165) is 44.1 Å². The fourth-order valence-electron chi connectivity index (χ4n) is 6.44. The van der Waals surface area contributed by atoms with Gasteiger partial charge in [-0.2, -0.15) is 8.78 Å². The van der Waals surface area contributed by atoms with Gasteiger partial charge in [0.1, 0.15) is 40.4 Å². The van der Waals surface area contributed by atoms with Gasteiger partial charge >= 0.3 is 12.5 Å². The highest BCUT2D eigenvalue weighted by atomic mass is 19.4. The van der Waals surface area contributed by atoms with Crippen LogP contribution in [0.15, 0.2) is 60.7 Å². The molecule has 0 N–H and O–H groups in total. The second-order valence-electron chi connectivity index (χ2n) is 12.3. The molecule has 0 aliphatic heterocycles. The van der Waals surface area contributed by atoms with Crippen molar-refractivity contribution in [1.29, 1.82) is 0 Å². The monoisotopic (exact) mass is 716 g/mol. The van der Waals surface area contributed by atoms with E-state index in [1.54, 1.807) is 6.07 Å². The van der Waals surface area contributed by atoms with Crippen LogP contribution in [-0.2, 0) is 6.11 Å². The molecule has 5 rings (SSSR count). The Hall–Kier alpha value is -4.29. The molecular formula is C37H31F11O2. The van der Waals surface area contributed by atoms with Gasteiger partial charge in [-0.1, -0.05) is 50.8 Å². The third kappa shape index (κ3) is 8.53. The van der Waals surface area contributed by atoms with Crippen molar-refractivity contribution in [2.45, 2.75) is 76.7 Å². The number of halogens is 11. The summed E-state index contributed by atoms with van der Waals surface area (Å²) in [4.78, 5) is 0. The summed E-state index contributed by atoms with van der Waals surface area (Å²) < 4.78 is 164. The number of rotatable bonds is 11. The van der Waals surface area contributed by atoms with Crippen LogP contribution in [0.3, 0.4) is 0 Å². The van der Waals surface area contributed by atoms with Gasteiger partial charge < -0.3 is 9.47 Å². The topological polar surface area (TPSA) is 18.5 Å². The highest BCUT2D eigenvalue weighted by Crippen LogP contribution is 2.42. The second kappa shape index (κ2) is 14.9. The number of hydrogen-bond acceptors (Lipinski definition) is 2. The van der Waals surface area contributed by atoms with E-state index in [4.69, 9.17) is 0 Å². The van der Waals surface area contributed by atoms with E-state index < -0.39 is 75.6 Å². The molecule has 0 unspecified atom stereocenters. The van der Waals surface area contributed by atoms with E-state index in [-0.39, 0.29) is 29.2 Å². The van der Waals surface area contributed by atoms with Gasteiger partial charge in [0.25, 0.3) is 0 Å². The predicted octanol–water partition coefficient (Wildman–Crippen LogP) is 12.7.